The number of para-hydroxylation sites is 2. The Morgan fingerprint density at radius 2 is 1.41 bits per heavy atom. The van der Waals surface area contributed by atoms with Gasteiger partial charge in [-0.1, -0.05) is 63.6 Å². The Hall–Kier alpha value is -1.76. The predicted molar refractivity (Wildman–Crippen MR) is 97.5 cm³/mol. The molecule has 2 aromatic carbocycles. The number of rotatable bonds is 5. The van der Waals surface area contributed by atoms with E-state index in [0.29, 0.717) is 11.5 Å². The van der Waals surface area contributed by atoms with Gasteiger partial charge in [0, 0.05) is 27.8 Å². The number of nitrogens with zero attached hydrogens (tertiary/aromatic N) is 1. The monoisotopic (exact) mass is 293 g/mol. The highest BCUT2D eigenvalue weighted by Gasteiger charge is 2.23. The van der Waals surface area contributed by atoms with Crippen LogP contribution >= 0.6 is 0 Å². The van der Waals surface area contributed by atoms with Gasteiger partial charge in [-0.3, -0.25) is 0 Å². The standard InChI is InChI=1S/C21H27N/c1-5-14-21(3,4)15-16(2)22-19-12-8-6-10-17(19)18-11-7-9-13-20(18)22/h6-13,16H,5,14-15H2,1-4H3. The SMILES string of the molecule is CCCC(C)(C)CC(C)n1c2ccccc2c2ccccc21. The molecule has 1 heterocycles. The molecule has 1 aromatic heterocycles. The van der Waals surface area contributed by atoms with E-state index in [0.717, 1.165) is 0 Å². The third-order valence-electron chi connectivity index (χ3n) is 4.83. The molecular formula is C21H27N. The Morgan fingerprint density at radius 3 is 1.91 bits per heavy atom. The molecule has 0 radical (unpaired) electrons. The number of fused-ring (bicyclic) bond motifs is 3. The van der Waals surface area contributed by atoms with Gasteiger partial charge < -0.3 is 4.57 Å². The Kier molecular flexibility index (Phi) is 3.99. The van der Waals surface area contributed by atoms with Crippen molar-refractivity contribution >= 4 is 21.8 Å². The lowest BCUT2D eigenvalue weighted by atomic mass is 9.82. The Morgan fingerprint density at radius 1 is 0.909 bits per heavy atom. The normalized spacial score (nSPS) is 13.8. The Bertz CT molecular complexity index is 726. The zero-order chi connectivity index (χ0) is 15.7. The quantitative estimate of drug-likeness (QED) is 0.501. The van der Waals surface area contributed by atoms with Gasteiger partial charge in [-0.15, -0.1) is 0 Å². The van der Waals surface area contributed by atoms with Crippen LogP contribution in [0.4, 0.5) is 0 Å². The largest absolute Gasteiger partial charge is 0.338 e. The fourth-order valence-electron chi connectivity index (χ4n) is 4.10. The molecule has 1 heteroatoms. The number of hydrogen-bond donors (Lipinski definition) is 0. The van der Waals surface area contributed by atoms with Crippen LogP contribution < -0.4 is 0 Å². The lowest BCUT2D eigenvalue weighted by Crippen LogP contribution is -2.18. The summed E-state index contributed by atoms with van der Waals surface area (Å²) >= 11 is 0. The van der Waals surface area contributed by atoms with Crippen LogP contribution in [0.1, 0.15) is 53.0 Å². The minimum Gasteiger partial charge on any atom is -0.338 e. The molecule has 0 saturated heterocycles. The van der Waals surface area contributed by atoms with Crippen LogP contribution in [0.2, 0.25) is 0 Å². The van der Waals surface area contributed by atoms with Crippen molar-refractivity contribution in [3.05, 3.63) is 48.5 Å². The van der Waals surface area contributed by atoms with Crippen molar-refractivity contribution in [1.82, 2.24) is 4.57 Å². The van der Waals surface area contributed by atoms with Crippen LogP contribution in [0.3, 0.4) is 0 Å². The summed E-state index contributed by atoms with van der Waals surface area (Å²) in [5.74, 6) is 0. The summed E-state index contributed by atoms with van der Waals surface area (Å²) in [6.45, 7) is 9.46. The molecule has 0 N–H and O–H groups in total. The molecule has 0 aliphatic carbocycles. The van der Waals surface area contributed by atoms with Gasteiger partial charge in [0.2, 0.25) is 0 Å². The van der Waals surface area contributed by atoms with Crippen LogP contribution in [-0.2, 0) is 0 Å². The highest BCUT2D eigenvalue weighted by molar-refractivity contribution is 6.08. The van der Waals surface area contributed by atoms with E-state index in [9.17, 15) is 0 Å². The molecule has 0 fully saturated rings. The molecular weight excluding hydrogens is 266 g/mol. The first-order valence-electron chi connectivity index (χ1n) is 8.51. The third-order valence-corrected chi connectivity index (χ3v) is 4.83. The second-order valence-corrected chi connectivity index (χ2v) is 7.37. The fourth-order valence-corrected chi connectivity index (χ4v) is 4.10. The zero-order valence-corrected chi connectivity index (χ0v) is 14.3. The first-order chi connectivity index (χ1) is 10.5. The first kappa shape index (κ1) is 15.1. The van der Waals surface area contributed by atoms with Gasteiger partial charge in [0.25, 0.3) is 0 Å². The van der Waals surface area contributed by atoms with Crippen molar-refractivity contribution in [2.24, 2.45) is 5.41 Å². The van der Waals surface area contributed by atoms with Crippen molar-refractivity contribution in [1.29, 1.82) is 0 Å². The van der Waals surface area contributed by atoms with Gasteiger partial charge in [-0.25, -0.2) is 0 Å². The molecule has 3 aromatic rings. The van der Waals surface area contributed by atoms with Gasteiger partial charge in [-0.05, 0) is 37.3 Å². The van der Waals surface area contributed by atoms with E-state index in [4.69, 9.17) is 0 Å². The fraction of sp³-hybridized carbons (Fsp3) is 0.429. The van der Waals surface area contributed by atoms with E-state index >= 15 is 0 Å². The number of hydrogen-bond acceptors (Lipinski definition) is 0. The maximum absolute atomic E-state index is 2.54. The molecule has 3 rings (SSSR count). The lowest BCUT2D eigenvalue weighted by Gasteiger charge is -2.29. The average molecular weight is 293 g/mol. The molecule has 22 heavy (non-hydrogen) atoms. The van der Waals surface area contributed by atoms with Crippen molar-refractivity contribution in [3.63, 3.8) is 0 Å². The van der Waals surface area contributed by atoms with Crippen LogP contribution in [0.5, 0.6) is 0 Å². The maximum Gasteiger partial charge on any atom is 0.0493 e. The summed E-state index contributed by atoms with van der Waals surface area (Å²) in [6, 6.07) is 18.1. The molecule has 116 valence electrons. The summed E-state index contributed by atoms with van der Waals surface area (Å²) in [5.41, 5.74) is 3.12. The van der Waals surface area contributed by atoms with Gasteiger partial charge in [0.1, 0.15) is 0 Å². The summed E-state index contributed by atoms with van der Waals surface area (Å²) < 4.78 is 2.54. The van der Waals surface area contributed by atoms with Crippen LogP contribution in [0, 0.1) is 5.41 Å². The molecule has 1 nitrogen and oxygen atoms in total. The van der Waals surface area contributed by atoms with Gasteiger partial charge in [0.05, 0.1) is 0 Å². The van der Waals surface area contributed by atoms with Gasteiger partial charge in [0.15, 0.2) is 0 Å². The van der Waals surface area contributed by atoms with Gasteiger partial charge in [-0.2, -0.15) is 0 Å². The lowest BCUT2D eigenvalue weighted by molar-refractivity contribution is 0.259. The van der Waals surface area contributed by atoms with E-state index in [-0.39, 0.29) is 0 Å². The first-order valence-corrected chi connectivity index (χ1v) is 8.51. The summed E-state index contributed by atoms with van der Waals surface area (Å²) in [5, 5.41) is 2.75. The molecule has 1 unspecified atom stereocenters. The van der Waals surface area contributed by atoms with Crippen molar-refractivity contribution in [2.75, 3.05) is 0 Å². The second kappa shape index (κ2) is 5.79. The smallest absolute Gasteiger partial charge is 0.0493 e. The molecule has 0 spiro atoms. The molecule has 0 bridgehead atoms. The highest BCUT2D eigenvalue weighted by atomic mass is 15.0. The van der Waals surface area contributed by atoms with Gasteiger partial charge >= 0.3 is 0 Å². The molecule has 0 amide bonds. The van der Waals surface area contributed by atoms with E-state index in [1.807, 2.05) is 0 Å². The van der Waals surface area contributed by atoms with Crippen molar-refractivity contribution < 1.29 is 0 Å². The number of aromatic nitrogens is 1. The van der Waals surface area contributed by atoms with Crippen molar-refractivity contribution in [3.8, 4) is 0 Å². The maximum atomic E-state index is 2.54. The Labute approximate surface area is 133 Å². The number of benzene rings is 2. The highest BCUT2D eigenvalue weighted by Crippen LogP contribution is 2.37. The Balaban J connectivity index is 2.12. The topological polar surface area (TPSA) is 4.93 Å². The summed E-state index contributed by atoms with van der Waals surface area (Å²) in [4.78, 5) is 0. The molecule has 1 atom stereocenters. The molecule has 0 aliphatic rings. The minimum absolute atomic E-state index is 0.390. The zero-order valence-electron chi connectivity index (χ0n) is 14.3. The van der Waals surface area contributed by atoms with Crippen molar-refractivity contribution in [2.45, 2.75) is 53.0 Å². The van der Waals surface area contributed by atoms with E-state index in [1.54, 1.807) is 0 Å². The molecule has 0 aliphatic heterocycles. The third kappa shape index (κ3) is 2.65. The minimum atomic E-state index is 0.390. The molecule has 0 saturated carbocycles. The van der Waals surface area contributed by atoms with Crippen LogP contribution in [0.15, 0.2) is 48.5 Å². The van der Waals surface area contributed by atoms with E-state index < -0.39 is 0 Å². The average Bonchev–Trinajstić information content (AvgIpc) is 2.81. The predicted octanol–water partition coefficient (Wildman–Crippen LogP) is 6.57. The van der Waals surface area contributed by atoms with E-state index in [2.05, 4.69) is 80.8 Å². The van der Waals surface area contributed by atoms with Crippen LogP contribution in [-0.4, -0.2) is 4.57 Å². The summed E-state index contributed by atoms with van der Waals surface area (Å²) in [6.07, 6.45) is 3.75. The van der Waals surface area contributed by atoms with Crippen LogP contribution in [0.25, 0.3) is 21.8 Å². The van der Waals surface area contributed by atoms with E-state index in [1.165, 1.54) is 41.1 Å². The summed E-state index contributed by atoms with van der Waals surface area (Å²) in [7, 11) is 0. The second-order valence-electron chi connectivity index (χ2n) is 7.37.